The van der Waals surface area contributed by atoms with Gasteiger partial charge in [0.15, 0.2) is 11.9 Å². The molecule has 1 aromatic heterocycles. The van der Waals surface area contributed by atoms with Crippen LogP contribution in [0, 0.1) is 5.41 Å². The molecule has 14 heteroatoms. The van der Waals surface area contributed by atoms with Crippen LogP contribution < -0.4 is 15.0 Å². The minimum atomic E-state index is -2.24. The van der Waals surface area contributed by atoms with E-state index in [0.717, 1.165) is 11.3 Å². The third-order valence-electron chi connectivity index (χ3n) is 11.8. The predicted molar refractivity (Wildman–Crippen MR) is 181 cm³/mol. The van der Waals surface area contributed by atoms with Gasteiger partial charge in [0.25, 0.3) is 5.91 Å². The molecule has 2 N–H and O–H groups in total. The largest absolute Gasteiger partial charge is 0.494 e. The molecular weight excluding hydrogens is 646 g/mol. The highest BCUT2D eigenvalue weighted by atomic mass is 16.6. The molecule has 2 amide bonds. The fourth-order valence-electron chi connectivity index (χ4n) is 9.91. The summed E-state index contributed by atoms with van der Waals surface area (Å²) in [7, 11) is 4.58. The second kappa shape index (κ2) is 12.4. The highest BCUT2D eigenvalue weighted by Gasteiger charge is 2.80. The molecule has 0 radical (unpaired) electrons. The Bertz CT molecular complexity index is 1720. The molecule has 2 aromatic rings. The molecule has 1 aliphatic carbocycles. The number of esters is 2. The lowest BCUT2D eigenvalue weighted by Gasteiger charge is -2.63. The molecular formula is C36H45N5O9. The number of carbonyl (C=O) groups excluding carboxylic acids is 4. The number of anilines is 2. The van der Waals surface area contributed by atoms with Crippen LogP contribution in [0.1, 0.15) is 42.8 Å². The molecule has 5 heterocycles. The summed E-state index contributed by atoms with van der Waals surface area (Å²) >= 11 is 0. The van der Waals surface area contributed by atoms with Gasteiger partial charge in [-0.3, -0.25) is 24.2 Å². The molecule has 50 heavy (non-hydrogen) atoms. The van der Waals surface area contributed by atoms with E-state index in [4.69, 9.17) is 18.6 Å². The number of nitrogens with zero attached hydrogens (tertiary/aromatic N) is 4. The van der Waals surface area contributed by atoms with Gasteiger partial charge in [-0.25, -0.2) is 4.79 Å². The van der Waals surface area contributed by atoms with Crippen molar-refractivity contribution in [2.45, 2.75) is 55.9 Å². The normalized spacial score (nSPS) is 31.4. The number of benzene rings is 1. The predicted octanol–water partition coefficient (Wildman–Crippen LogP) is 1.63. The topological polar surface area (TPSA) is 154 Å². The number of nitrogens with one attached hydrogen (secondary N) is 1. The number of aliphatic hydroxyl groups is 1. The first-order valence-corrected chi connectivity index (χ1v) is 17.2. The van der Waals surface area contributed by atoms with E-state index in [0.29, 0.717) is 69.3 Å². The van der Waals surface area contributed by atoms with Crippen molar-refractivity contribution in [1.82, 2.24) is 14.7 Å². The van der Waals surface area contributed by atoms with E-state index in [2.05, 4.69) is 10.2 Å². The van der Waals surface area contributed by atoms with Gasteiger partial charge >= 0.3 is 11.9 Å². The van der Waals surface area contributed by atoms with Crippen LogP contribution in [0.5, 0.6) is 5.75 Å². The monoisotopic (exact) mass is 691 g/mol. The van der Waals surface area contributed by atoms with Crippen LogP contribution in [0.4, 0.5) is 11.4 Å². The van der Waals surface area contributed by atoms with Gasteiger partial charge in [-0.15, -0.1) is 0 Å². The number of likely N-dealkylation sites (N-methyl/N-ethyl adjacent to an activating group) is 1. The Morgan fingerprint density at radius 2 is 1.84 bits per heavy atom. The number of hydrogen-bond donors (Lipinski definition) is 2. The number of fused-ring (bicyclic) bond motifs is 1. The van der Waals surface area contributed by atoms with Gasteiger partial charge in [0.05, 0.1) is 38.8 Å². The van der Waals surface area contributed by atoms with Crippen LogP contribution in [-0.4, -0.2) is 134 Å². The quantitative estimate of drug-likeness (QED) is 0.306. The summed E-state index contributed by atoms with van der Waals surface area (Å²) in [5, 5.41) is 15.9. The number of rotatable bonds is 8. The first-order chi connectivity index (χ1) is 24.0. The Kier molecular flexibility index (Phi) is 8.47. The van der Waals surface area contributed by atoms with Crippen LogP contribution in [-0.2, 0) is 29.3 Å². The van der Waals surface area contributed by atoms with Gasteiger partial charge in [-0.05, 0) is 43.1 Å². The second-order valence-corrected chi connectivity index (χ2v) is 14.0. The molecule has 4 aliphatic heterocycles. The summed E-state index contributed by atoms with van der Waals surface area (Å²) in [6, 6.07) is 5.98. The van der Waals surface area contributed by atoms with Gasteiger partial charge in [0.1, 0.15) is 5.75 Å². The minimum absolute atomic E-state index is 0.114. The zero-order valence-corrected chi connectivity index (χ0v) is 29.1. The zero-order chi connectivity index (χ0) is 35.6. The number of carbonyl (C=O) groups is 4. The van der Waals surface area contributed by atoms with E-state index >= 15 is 0 Å². The van der Waals surface area contributed by atoms with Crippen LogP contribution in [0.25, 0.3) is 0 Å². The van der Waals surface area contributed by atoms with Crippen molar-refractivity contribution in [3.8, 4) is 5.75 Å². The smallest absolute Gasteiger partial charge is 0.344 e. The average molecular weight is 692 g/mol. The number of hydrogen-bond acceptors (Lipinski definition) is 12. The molecule has 3 fully saturated rings. The van der Waals surface area contributed by atoms with Gasteiger partial charge in [-0.2, -0.15) is 0 Å². The summed E-state index contributed by atoms with van der Waals surface area (Å²) in [5.74, 6) is -1.17. The van der Waals surface area contributed by atoms with E-state index in [1.165, 1.54) is 27.4 Å². The Hall–Kier alpha value is -4.40. The van der Waals surface area contributed by atoms with Gasteiger partial charge in [-0.1, -0.05) is 19.1 Å². The van der Waals surface area contributed by atoms with Gasteiger partial charge in [0.2, 0.25) is 11.5 Å². The zero-order valence-electron chi connectivity index (χ0n) is 29.1. The number of furan rings is 1. The Balaban J connectivity index is 1.23. The fraction of sp³-hybridized carbons (Fsp3) is 0.556. The second-order valence-electron chi connectivity index (χ2n) is 14.0. The van der Waals surface area contributed by atoms with Crippen molar-refractivity contribution in [1.29, 1.82) is 0 Å². The number of ether oxygens (including phenoxy) is 3. The summed E-state index contributed by atoms with van der Waals surface area (Å²) in [5.41, 5.74) is -1.89. The molecule has 1 spiro atoms. The van der Waals surface area contributed by atoms with Crippen molar-refractivity contribution < 1.29 is 42.9 Å². The lowest BCUT2D eigenvalue weighted by atomic mass is 9.47. The summed E-state index contributed by atoms with van der Waals surface area (Å²) in [4.78, 5) is 60.8. The molecule has 2 saturated heterocycles. The van der Waals surface area contributed by atoms with Crippen molar-refractivity contribution in [2.24, 2.45) is 5.41 Å². The van der Waals surface area contributed by atoms with Crippen LogP contribution >= 0.6 is 0 Å². The maximum atomic E-state index is 13.9. The first-order valence-electron chi connectivity index (χ1n) is 17.2. The molecule has 1 saturated carbocycles. The van der Waals surface area contributed by atoms with Crippen LogP contribution in [0.2, 0.25) is 0 Å². The summed E-state index contributed by atoms with van der Waals surface area (Å²) in [6.45, 7) is 6.73. The lowest BCUT2D eigenvalue weighted by Crippen LogP contribution is -2.81. The molecule has 0 unspecified atom stereocenters. The average Bonchev–Trinajstić information content (AvgIpc) is 3.84. The number of amides is 2. The Labute approximate surface area is 290 Å². The number of piperazine rings is 1. The van der Waals surface area contributed by atoms with Crippen LogP contribution in [0.15, 0.2) is 47.1 Å². The van der Waals surface area contributed by atoms with Crippen LogP contribution in [0.3, 0.4) is 0 Å². The van der Waals surface area contributed by atoms with E-state index in [1.807, 2.05) is 48.1 Å². The van der Waals surface area contributed by atoms with Gasteiger partial charge < -0.3 is 38.9 Å². The third kappa shape index (κ3) is 4.78. The van der Waals surface area contributed by atoms with Crippen molar-refractivity contribution in [3.05, 3.63) is 54.0 Å². The first kappa shape index (κ1) is 34.1. The lowest BCUT2D eigenvalue weighted by molar-refractivity contribution is -0.228. The molecule has 0 bridgehead atoms. The molecule has 1 aromatic carbocycles. The minimum Gasteiger partial charge on any atom is -0.494 e. The van der Waals surface area contributed by atoms with Gasteiger partial charge in [0, 0.05) is 75.3 Å². The van der Waals surface area contributed by atoms with E-state index in [-0.39, 0.29) is 24.4 Å². The molecule has 7 rings (SSSR count). The summed E-state index contributed by atoms with van der Waals surface area (Å²) < 4.78 is 22.4. The van der Waals surface area contributed by atoms with E-state index < -0.39 is 40.5 Å². The molecule has 5 aliphatic rings. The highest BCUT2D eigenvalue weighted by molar-refractivity contribution is 5.95. The summed E-state index contributed by atoms with van der Waals surface area (Å²) in [6.07, 6.45) is 5.38. The molecule has 268 valence electrons. The molecule has 6 atom stereocenters. The Morgan fingerprint density at radius 3 is 2.48 bits per heavy atom. The van der Waals surface area contributed by atoms with Crippen molar-refractivity contribution >= 4 is 35.1 Å². The van der Waals surface area contributed by atoms with E-state index in [9.17, 15) is 24.3 Å². The third-order valence-corrected chi connectivity index (χ3v) is 11.8. The maximum absolute atomic E-state index is 13.9. The molecule has 14 nitrogen and oxygen atoms in total. The SMILES string of the molecule is CC[C@]12C=CCN3CC[C@@]4(c5cc(NC(=O)CN6CCN(C(=O)c7ccco7)CC6)c(OC)cc5N(C)[C@H]4[C@@](O)(C(=O)OC)[C@@H]1OC(C)=O)[C@@H]32. The standard InChI is InChI=1S/C36H45N5O9/c1-6-34-10-8-12-41-13-11-35(30(34)41)23-19-24(37-28(43)21-39-14-16-40(17-15-39)29(44)26-9-7-18-49-26)27(47-4)20-25(23)38(3)31(35)36(46,33(45)48-5)32(34)50-22(2)42/h7-10,18-20,30-32,46H,6,11-17,21H2,1-5H3,(H,37,43)/t30-,31+,32+,34+,35+,36-/m0/s1. The highest BCUT2D eigenvalue weighted by Crippen LogP contribution is 2.67. The van der Waals surface area contributed by atoms with Crippen molar-refractivity contribution in [3.63, 3.8) is 0 Å². The Morgan fingerprint density at radius 1 is 1.08 bits per heavy atom. The van der Waals surface area contributed by atoms with Crippen molar-refractivity contribution in [2.75, 3.05) is 77.3 Å². The number of methoxy groups -OCH3 is 2. The fourth-order valence-corrected chi connectivity index (χ4v) is 9.91. The van der Waals surface area contributed by atoms with E-state index in [1.54, 1.807) is 17.0 Å². The maximum Gasteiger partial charge on any atom is 0.344 e.